The number of aromatic nitrogens is 9. The van der Waals surface area contributed by atoms with Gasteiger partial charge in [0.1, 0.15) is 0 Å². The van der Waals surface area contributed by atoms with Crippen molar-refractivity contribution in [2.45, 2.75) is 38.9 Å². The Hall–Kier alpha value is -7.11. The number of halogens is 9. The molecule has 391 valence electrons. The van der Waals surface area contributed by atoms with Crippen molar-refractivity contribution in [3.63, 3.8) is 0 Å². The molecule has 0 amide bonds. The van der Waals surface area contributed by atoms with Gasteiger partial charge in [-0.05, 0) is 86.1 Å². The van der Waals surface area contributed by atoms with Crippen LogP contribution >= 0.6 is 28.7 Å². The number of hydrogen-bond donors (Lipinski definition) is 5. The molecule has 1 fully saturated rings. The van der Waals surface area contributed by atoms with Gasteiger partial charge in [-0.1, -0.05) is 0 Å². The topological polar surface area (TPSA) is 263 Å². The first-order valence-corrected chi connectivity index (χ1v) is 21.4. The van der Waals surface area contributed by atoms with Crippen molar-refractivity contribution in [3.8, 4) is 28.8 Å². The van der Waals surface area contributed by atoms with Crippen LogP contribution in [0.2, 0.25) is 0 Å². The van der Waals surface area contributed by atoms with Gasteiger partial charge in [-0.15, -0.1) is 0 Å². The molecule has 7 aromatic heterocycles. The second-order valence-electron chi connectivity index (χ2n) is 14.9. The molecule has 8 N–H and O–H groups in total. The van der Waals surface area contributed by atoms with Crippen LogP contribution in [0.5, 0.6) is 17.6 Å². The normalized spacial score (nSPS) is 12.4. The number of aryl methyl sites for hydroxylation is 2. The van der Waals surface area contributed by atoms with Gasteiger partial charge in [0.2, 0.25) is 29.5 Å². The minimum absolute atomic E-state index is 0.139. The summed E-state index contributed by atoms with van der Waals surface area (Å²) >= 11 is 6.25. The summed E-state index contributed by atoms with van der Waals surface area (Å²) in [6.07, 6.45) is 7.05. The van der Waals surface area contributed by atoms with Crippen LogP contribution in [-0.2, 0) is 23.4 Å². The Morgan fingerprint density at radius 2 is 1.07 bits per heavy atom. The third-order valence-corrected chi connectivity index (χ3v) is 9.78. The maximum absolute atomic E-state index is 13.3. The van der Waals surface area contributed by atoms with Crippen LogP contribution in [0, 0.1) is 46.9 Å². The van der Waals surface area contributed by atoms with E-state index in [4.69, 9.17) is 46.5 Å². The summed E-state index contributed by atoms with van der Waals surface area (Å²) < 4.78 is 131. The fourth-order valence-corrected chi connectivity index (χ4v) is 5.39. The fourth-order valence-electron chi connectivity index (χ4n) is 4.94. The fraction of sp³-hybridized carbons (Fsp3) is 0.262. The molecule has 8 heterocycles. The van der Waals surface area contributed by atoms with Crippen molar-refractivity contribution in [1.82, 2.24) is 44.5 Å². The zero-order valence-electron chi connectivity index (χ0n) is 40.3. The van der Waals surface area contributed by atoms with E-state index in [-0.39, 0.29) is 47.5 Å². The van der Waals surface area contributed by atoms with Crippen molar-refractivity contribution in [2.24, 2.45) is 18.4 Å². The van der Waals surface area contributed by atoms with Crippen molar-refractivity contribution in [1.29, 1.82) is 0 Å². The van der Waals surface area contributed by atoms with Crippen molar-refractivity contribution in [3.05, 3.63) is 125 Å². The molecule has 8 rings (SSSR count). The van der Waals surface area contributed by atoms with Gasteiger partial charge in [0.15, 0.2) is 52.4 Å². The number of rotatable bonds is 5. The van der Waals surface area contributed by atoms with E-state index in [0.29, 0.717) is 22.0 Å². The molecule has 1 aliphatic rings. The quantitative estimate of drug-likeness (QED) is 0.0506. The molecular weight excluding hydrogens is 1070 g/mol. The first-order valence-electron chi connectivity index (χ1n) is 20.2. The Morgan fingerprint density at radius 3 is 1.49 bits per heavy atom. The van der Waals surface area contributed by atoms with Crippen molar-refractivity contribution in [2.75, 3.05) is 44.3 Å². The van der Waals surface area contributed by atoms with E-state index in [1.165, 1.54) is 45.6 Å². The first kappa shape index (κ1) is 62.0. The average molecular weight is 1110 g/mol. The second kappa shape index (κ2) is 28.8. The van der Waals surface area contributed by atoms with Crippen LogP contribution in [0.4, 0.5) is 58.4 Å². The van der Waals surface area contributed by atoms with Crippen LogP contribution in [0.1, 0.15) is 27.7 Å². The second-order valence-corrected chi connectivity index (χ2v) is 16.0. The molecule has 0 bridgehead atoms. The number of anilines is 4. The van der Waals surface area contributed by atoms with Gasteiger partial charge in [0, 0.05) is 49.8 Å². The number of thiol groups is 1. The standard InChI is InChI=1S/C10H17BN2O2.C10H11FN4O.C6H6BrFN2O.C6H7FN2O.C5H2F3N.C5H4F2N2.BHNS/c1-9(2)10(3,4)15-11(14-9)8-6-12-13(5)7-8;1-15-5-6(4-13-15)7-3-8(11)9(12)14-10(7)16-2;1-11-6-3(7)2-4(8)5(9)10-6;1-10-5-3-2-4(7)6(8)9-5;2*6-3-1-2-4(7)9-5(3)8;1-2-3/h6-7H,1-5H3;3-5H,1-2H3,(H2,12,14);2H,1H3,(H2,9,10);2-3H,1H3,(H2,8,9);1-2H;1-2H,(H2,8,9);3H. The molecule has 1 radical (unpaired) electrons. The molecule has 0 unspecified atom stereocenters. The molecule has 19 nitrogen and oxygen atoms in total. The third-order valence-electron chi connectivity index (χ3n) is 9.21. The number of hydrogen-bond acceptors (Lipinski definition) is 18. The molecule has 0 aliphatic carbocycles. The first-order chi connectivity index (χ1) is 34.1. The van der Waals surface area contributed by atoms with E-state index in [1.807, 2.05) is 40.9 Å². The Morgan fingerprint density at radius 1 is 0.616 bits per heavy atom. The van der Waals surface area contributed by atoms with Gasteiger partial charge >= 0.3 is 31.9 Å². The number of ether oxygens (including phenoxy) is 3. The number of methoxy groups -OCH3 is 3. The predicted molar refractivity (Wildman–Crippen MR) is 264 cm³/mol. The molecule has 1 saturated heterocycles. The summed E-state index contributed by atoms with van der Waals surface area (Å²) in [5, 5.41) is 8.11. The summed E-state index contributed by atoms with van der Waals surface area (Å²) in [5.41, 5.74) is 22.2. The van der Waals surface area contributed by atoms with Gasteiger partial charge < -0.3 is 46.5 Å². The summed E-state index contributed by atoms with van der Waals surface area (Å²) in [4.78, 5) is 16.6. The van der Waals surface area contributed by atoms with Crippen molar-refractivity contribution < 1.29 is 58.6 Å². The number of pyridine rings is 5. The summed E-state index contributed by atoms with van der Waals surface area (Å²) in [6, 6.07) is 8.38. The van der Waals surface area contributed by atoms with Gasteiger partial charge in [0.05, 0.1) is 48.8 Å². The molecule has 0 saturated carbocycles. The zero-order valence-corrected chi connectivity index (χ0v) is 42.7. The third kappa shape index (κ3) is 19.4. The molecule has 0 atom stereocenters. The van der Waals surface area contributed by atoms with E-state index in [2.05, 4.69) is 75.8 Å². The molecule has 73 heavy (non-hydrogen) atoms. The van der Waals surface area contributed by atoms with Crippen LogP contribution < -0.4 is 42.6 Å². The Labute approximate surface area is 428 Å². The number of nitrogens with two attached hydrogens (primary N) is 4. The average Bonchev–Trinajstić information content (AvgIpc) is 4.03. The van der Waals surface area contributed by atoms with E-state index in [1.54, 1.807) is 35.0 Å². The van der Waals surface area contributed by atoms with Crippen LogP contribution in [0.25, 0.3) is 11.1 Å². The Balaban J connectivity index is 0.000000301. The van der Waals surface area contributed by atoms with Crippen molar-refractivity contribution >= 4 is 72.2 Å². The Bertz CT molecular complexity index is 2830. The monoisotopic (exact) mass is 1110 g/mol. The minimum atomic E-state index is -1.41. The summed E-state index contributed by atoms with van der Waals surface area (Å²) in [7, 11) is 12.0. The summed E-state index contributed by atoms with van der Waals surface area (Å²) in [6.45, 7) is 8.18. The molecular formula is C42H48B2BrF8N14O5S. The molecule has 1 aliphatic heterocycles. The van der Waals surface area contributed by atoms with Crippen LogP contribution in [-0.4, -0.2) is 91.8 Å². The Kier molecular flexibility index (Phi) is 24.5. The van der Waals surface area contributed by atoms with E-state index >= 15 is 0 Å². The zero-order chi connectivity index (χ0) is 55.4. The molecule has 7 aromatic rings. The molecule has 0 spiro atoms. The van der Waals surface area contributed by atoms with E-state index in [9.17, 15) is 35.1 Å². The number of nitrogen functional groups attached to an aromatic ring is 4. The van der Waals surface area contributed by atoms with Crippen LogP contribution in [0.15, 0.2) is 82.1 Å². The van der Waals surface area contributed by atoms with Gasteiger partial charge in [-0.3, -0.25) is 9.36 Å². The van der Waals surface area contributed by atoms with Gasteiger partial charge in [-0.2, -0.15) is 48.3 Å². The molecule has 31 heteroatoms. The summed E-state index contributed by atoms with van der Waals surface area (Å²) in [5.74, 6) is -6.69. The van der Waals surface area contributed by atoms with Crippen LogP contribution in [0.3, 0.4) is 0 Å². The predicted octanol–water partition coefficient (Wildman–Crippen LogP) is 6.94. The van der Waals surface area contributed by atoms with Gasteiger partial charge in [-0.25, -0.2) is 22.0 Å². The maximum atomic E-state index is 13.3. The van der Waals surface area contributed by atoms with Gasteiger partial charge in [0.25, 0.3) is 5.95 Å². The number of nitrogens with zero attached hydrogens (tertiary/aromatic N) is 10. The van der Waals surface area contributed by atoms with E-state index < -0.39 is 52.7 Å². The molecule has 0 aromatic carbocycles. The van der Waals surface area contributed by atoms with E-state index in [0.717, 1.165) is 29.2 Å². The SMILES string of the molecule is COc1ccc(F)c(N)n1.COc1nc(N)c(F)cc1-c1cnn(C)c1.COc1nc(N)c(F)cc1Br.Cn1cc(B2OC(C)(C)C(C)(C)O2)cn1.Fc1ccc(F)c(F)n1.Nc1nc(F)ccc1F.[B]=NS.